The van der Waals surface area contributed by atoms with Crippen molar-refractivity contribution in [3.8, 4) is 0 Å². The summed E-state index contributed by atoms with van der Waals surface area (Å²) in [6.07, 6.45) is 4.36. The van der Waals surface area contributed by atoms with Crippen molar-refractivity contribution >= 4 is 17.6 Å². The second-order valence-electron chi connectivity index (χ2n) is 8.69. The Bertz CT molecular complexity index is 683. The number of amides is 3. The molecule has 3 amide bonds. The van der Waals surface area contributed by atoms with Crippen LogP contribution < -0.4 is 16.0 Å². The standard InChI is InChI=1S/C21H31N3O2/c1-14(25)23-17-7-5-15(6-8-17)10-12-22-19(26)24-18-13-16-9-11-21(18,4)20(16,2)3/h5-8,16,18H,9-13H2,1-4H3,(H,23,25)(H2,22,24,26). The summed E-state index contributed by atoms with van der Waals surface area (Å²) in [5, 5.41) is 8.97. The minimum Gasteiger partial charge on any atom is -0.338 e. The number of fused-ring (bicyclic) bond motifs is 2. The smallest absolute Gasteiger partial charge is 0.315 e. The van der Waals surface area contributed by atoms with Crippen LogP contribution >= 0.6 is 0 Å². The first kappa shape index (κ1) is 18.7. The third-order valence-corrected chi connectivity index (χ3v) is 7.07. The Morgan fingerprint density at radius 3 is 2.38 bits per heavy atom. The molecule has 3 atom stereocenters. The van der Waals surface area contributed by atoms with Crippen LogP contribution in [0.25, 0.3) is 0 Å². The Kier molecular flexibility index (Phi) is 5.00. The molecule has 2 fully saturated rings. The number of carbonyl (C=O) groups is 2. The fourth-order valence-corrected chi connectivity index (χ4v) is 4.91. The molecule has 0 saturated heterocycles. The first-order valence-electron chi connectivity index (χ1n) is 9.63. The van der Waals surface area contributed by atoms with E-state index in [1.165, 1.54) is 19.8 Å². The predicted molar refractivity (Wildman–Crippen MR) is 104 cm³/mol. The predicted octanol–water partition coefficient (Wildman–Crippen LogP) is 3.70. The van der Waals surface area contributed by atoms with E-state index in [2.05, 4.69) is 36.7 Å². The Hall–Kier alpha value is -2.04. The molecule has 0 heterocycles. The summed E-state index contributed by atoms with van der Waals surface area (Å²) >= 11 is 0. The monoisotopic (exact) mass is 357 g/mol. The van der Waals surface area contributed by atoms with Gasteiger partial charge < -0.3 is 16.0 Å². The van der Waals surface area contributed by atoms with Gasteiger partial charge in [-0.1, -0.05) is 32.9 Å². The van der Waals surface area contributed by atoms with Crippen LogP contribution in [0.5, 0.6) is 0 Å². The van der Waals surface area contributed by atoms with Crippen molar-refractivity contribution in [2.45, 2.75) is 59.4 Å². The Labute approximate surface area is 156 Å². The molecule has 142 valence electrons. The Balaban J connectivity index is 1.45. The first-order valence-corrected chi connectivity index (χ1v) is 9.63. The molecule has 1 aromatic rings. The van der Waals surface area contributed by atoms with Crippen LogP contribution in [0.3, 0.4) is 0 Å². The lowest BCUT2D eigenvalue weighted by Crippen LogP contribution is -2.50. The lowest BCUT2D eigenvalue weighted by molar-refractivity contribution is -0.114. The maximum Gasteiger partial charge on any atom is 0.315 e. The third kappa shape index (κ3) is 3.44. The third-order valence-electron chi connectivity index (χ3n) is 7.07. The molecule has 3 unspecified atom stereocenters. The van der Waals surface area contributed by atoms with Crippen LogP contribution in [0.15, 0.2) is 24.3 Å². The highest BCUT2D eigenvalue weighted by Crippen LogP contribution is 2.65. The molecule has 2 aliphatic rings. The van der Waals surface area contributed by atoms with Gasteiger partial charge >= 0.3 is 6.03 Å². The van der Waals surface area contributed by atoms with Crippen molar-refractivity contribution in [1.29, 1.82) is 0 Å². The minimum absolute atomic E-state index is 0.0607. The maximum atomic E-state index is 12.3. The van der Waals surface area contributed by atoms with E-state index in [9.17, 15) is 9.59 Å². The molecular weight excluding hydrogens is 326 g/mol. The zero-order valence-corrected chi connectivity index (χ0v) is 16.3. The average Bonchev–Trinajstić information content (AvgIpc) is 2.89. The van der Waals surface area contributed by atoms with E-state index >= 15 is 0 Å². The highest BCUT2D eigenvalue weighted by molar-refractivity contribution is 5.88. The average molecular weight is 357 g/mol. The van der Waals surface area contributed by atoms with Crippen molar-refractivity contribution in [2.75, 3.05) is 11.9 Å². The van der Waals surface area contributed by atoms with Crippen LogP contribution in [0.1, 0.15) is 52.5 Å². The lowest BCUT2D eigenvalue weighted by Gasteiger charge is -2.39. The van der Waals surface area contributed by atoms with E-state index < -0.39 is 0 Å². The van der Waals surface area contributed by atoms with E-state index in [1.54, 1.807) is 0 Å². The Morgan fingerprint density at radius 1 is 1.15 bits per heavy atom. The van der Waals surface area contributed by atoms with Crippen LogP contribution in [-0.2, 0) is 11.2 Å². The molecule has 0 aliphatic heterocycles. The molecule has 26 heavy (non-hydrogen) atoms. The fourth-order valence-electron chi connectivity index (χ4n) is 4.91. The van der Waals surface area contributed by atoms with E-state index in [0.29, 0.717) is 12.0 Å². The molecule has 2 aliphatic carbocycles. The van der Waals surface area contributed by atoms with Gasteiger partial charge in [-0.05, 0) is 60.1 Å². The normalized spacial score (nSPS) is 28.6. The number of anilines is 1. The summed E-state index contributed by atoms with van der Waals surface area (Å²) < 4.78 is 0. The summed E-state index contributed by atoms with van der Waals surface area (Å²) in [5.41, 5.74) is 2.43. The highest BCUT2D eigenvalue weighted by atomic mass is 16.2. The van der Waals surface area contributed by atoms with Crippen molar-refractivity contribution < 1.29 is 9.59 Å². The number of hydrogen-bond donors (Lipinski definition) is 3. The van der Waals surface area contributed by atoms with E-state index in [-0.39, 0.29) is 23.4 Å². The van der Waals surface area contributed by atoms with Gasteiger partial charge in [0.2, 0.25) is 5.91 Å². The van der Waals surface area contributed by atoms with Gasteiger partial charge in [0.1, 0.15) is 0 Å². The van der Waals surface area contributed by atoms with Gasteiger partial charge in [0.05, 0.1) is 0 Å². The second-order valence-corrected chi connectivity index (χ2v) is 8.69. The van der Waals surface area contributed by atoms with Crippen LogP contribution in [0.4, 0.5) is 10.5 Å². The lowest BCUT2D eigenvalue weighted by atomic mass is 9.69. The molecule has 0 spiro atoms. The molecule has 2 bridgehead atoms. The second kappa shape index (κ2) is 6.93. The summed E-state index contributed by atoms with van der Waals surface area (Å²) in [4.78, 5) is 23.4. The van der Waals surface area contributed by atoms with Gasteiger partial charge in [0.25, 0.3) is 0 Å². The van der Waals surface area contributed by atoms with Crippen molar-refractivity contribution in [1.82, 2.24) is 10.6 Å². The summed E-state index contributed by atoms with van der Waals surface area (Å²) in [6, 6.07) is 7.93. The zero-order valence-electron chi connectivity index (χ0n) is 16.3. The molecule has 3 N–H and O–H groups in total. The molecule has 0 radical (unpaired) electrons. The number of nitrogens with one attached hydrogen (secondary N) is 3. The minimum atomic E-state index is -0.0754. The molecule has 2 saturated carbocycles. The number of carbonyl (C=O) groups excluding carboxylic acids is 2. The number of benzene rings is 1. The quantitative estimate of drug-likeness (QED) is 0.752. The zero-order chi connectivity index (χ0) is 18.9. The van der Waals surface area contributed by atoms with Crippen LogP contribution in [0, 0.1) is 16.7 Å². The van der Waals surface area contributed by atoms with Crippen LogP contribution in [0.2, 0.25) is 0 Å². The maximum absolute atomic E-state index is 12.3. The number of rotatable bonds is 5. The van der Waals surface area contributed by atoms with Crippen LogP contribution in [-0.4, -0.2) is 24.5 Å². The highest BCUT2D eigenvalue weighted by Gasteiger charge is 2.61. The molecule has 5 nitrogen and oxygen atoms in total. The van der Waals surface area contributed by atoms with Gasteiger partial charge in [-0.2, -0.15) is 0 Å². The summed E-state index contributed by atoms with van der Waals surface area (Å²) in [5.74, 6) is 0.647. The Morgan fingerprint density at radius 2 is 1.85 bits per heavy atom. The summed E-state index contributed by atoms with van der Waals surface area (Å²) in [7, 11) is 0. The van der Waals surface area contributed by atoms with Crippen molar-refractivity contribution in [3.05, 3.63) is 29.8 Å². The largest absolute Gasteiger partial charge is 0.338 e. The van der Waals surface area contributed by atoms with Gasteiger partial charge in [0, 0.05) is 25.2 Å². The van der Waals surface area contributed by atoms with Gasteiger partial charge in [0.15, 0.2) is 0 Å². The van der Waals surface area contributed by atoms with E-state index in [0.717, 1.165) is 30.0 Å². The number of hydrogen-bond acceptors (Lipinski definition) is 2. The topological polar surface area (TPSA) is 70.2 Å². The molecule has 5 heteroatoms. The van der Waals surface area contributed by atoms with E-state index in [1.807, 2.05) is 24.3 Å². The fraction of sp³-hybridized carbons (Fsp3) is 0.619. The number of urea groups is 1. The van der Waals surface area contributed by atoms with Gasteiger partial charge in [-0.15, -0.1) is 0 Å². The molecular formula is C21H31N3O2. The van der Waals surface area contributed by atoms with Gasteiger partial charge in [-0.25, -0.2) is 4.79 Å². The molecule has 0 aromatic heterocycles. The molecule has 3 rings (SSSR count). The first-order chi connectivity index (χ1) is 12.2. The SMILES string of the molecule is CC(=O)Nc1ccc(CCNC(=O)NC2CC3CCC2(C)C3(C)C)cc1. The van der Waals surface area contributed by atoms with E-state index in [4.69, 9.17) is 0 Å². The van der Waals surface area contributed by atoms with Gasteiger partial charge in [-0.3, -0.25) is 4.79 Å². The van der Waals surface area contributed by atoms with Crippen molar-refractivity contribution in [2.24, 2.45) is 16.7 Å². The summed E-state index contributed by atoms with van der Waals surface area (Å²) in [6.45, 7) is 9.14. The molecule has 1 aromatic carbocycles. The van der Waals surface area contributed by atoms with Crippen molar-refractivity contribution in [3.63, 3.8) is 0 Å².